The van der Waals surface area contributed by atoms with Crippen LogP contribution >= 0.6 is 0 Å². The van der Waals surface area contributed by atoms with Crippen molar-refractivity contribution < 1.29 is 0 Å². The first-order valence-electron chi connectivity index (χ1n) is 16.7. The molecule has 4 nitrogen and oxygen atoms in total. The number of allylic oxidation sites excluding steroid dienone is 4. The number of rotatable bonds is 2. The van der Waals surface area contributed by atoms with E-state index in [2.05, 4.69) is 114 Å². The molecule has 0 atom stereocenters. The van der Waals surface area contributed by atoms with Crippen molar-refractivity contribution in [3.8, 4) is 0 Å². The smallest absolute Gasteiger partial charge is 0.0874 e. The molecule has 1 aromatic heterocycles. The van der Waals surface area contributed by atoms with Crippen molar-refractivity contribution in [2.75, 3.05) is 5.73 Å². The van der Waals surface area contributed by atoms with Crippen molar-refractivity contribution in [2.45, 2.75) is 13.8 Å². The Bertz CT molecular complexity index is 2570. The lowest BCUT2D eigenvalue weighted by atomic mass is 9.82. The third-order valence-corrected chi connectivity index (χ3v) is 9.55. The van der Waals surface area contributed by atoms with E-state index in [1.165, 1.54) is 53.9 Å². The Hall–Kier alpha value is -6.39. The van der Waals surface area contributed by atoms with Crippen molar-refractivity contribution in [2.24, 2.45) is 0 Å². The predicted molar refractivity (Wildman–Crippen MR) is 212 cm³/mol. The van der Waals surface area contributed by atoms with Gasteiger partial charge in [0.05, 0.1) is 11.4 Å². The van der Waals surface area contributed by atoms with Gasteiger partial charge in [-0.3, -0.25) is 15.8 Å². The number of anilines is 1. The van der Waals surface area contributed by atoms with Crippen LogP contribution in [0, 0.1) is 10.8 Å². The topological polar surface area (TPSA) is 86.6 Å². The van der Waals surface area contributed by atoms with Gasteiger partial charge in [-0.05, 0) is 87.9 Å². The van der Waals surface area contributed by atoms with E-state index in [1.54, 1.807) is 24.5 Å². The van der Waals surface area contributed by atoms with E-state index < -0.39 is 0 Å². The van der Waals surface area contributed by atoms with Gasteiger partial charge in [-0.25, -0.2) is 0 Å². The Kier molecular flexibility index (Phi) is 7.34. The Morgan fingerprint density at radius 1 is 0.429 bits per heavy atom. The molecule has 0 unspecified atom stereocenters. The van der Waals surface area contributed by atoms with Crippen LogP contribution in [0.25, 0.3) is 75.8 Å². The normalized spacial score (nSPS) is 13.1. The van der Waals surface area contributed by atoms with E-state index in [0.717, 1.165) is 38.7 Å². The van der Waals surface area contributed by atoms with Gasteiger partial charge in [-0.2, -0.15) is 0 Å². The van der Waals surface area contributed by atoms with Crippen LogP contribution in [0.2, 0.25) is 0 Å². The van der Waals surface area contributed by atoms with Crippen LogP contribution in [0.5, 0.6) is 0 Å². The van der Waals surface area contributed by atoms with Gasteiger partial charge in [0.25, 0.3) is 0 Å². The molecule has 1 aliphatic rings. The van der Waals surface area contributed by atoms with Crippen molar-refractivity contribution in [3.63, 3.8) is 0 Å². The van der Waals surface area contributed by atoms with Crippen molar-refractivity contribution in [3.05, 3.63) is 157 Å². The summed E-state index contributed by atoms with van der Waals surface area (Å²) in [6.07, 6.45) is 7.41. The molecule has 0 aliphatic heterocycles. The fraction of sp³-hybridized carbons (Fsp3) is 0.0444. The maximum atomic E-state index is 9.19. The molecule has 4 heteroatoms. The Morgan fingerprint density at radius 2 is 0.776 bits per heavy atom. The standard InChI is InChI=1S/C38H22N2.C5H6N2.C2H6/c39-37-31(27-15-11-25-9-7-21-3-1-5-23-13-17-29(27)35(25)33(21)23)19-20-32(38(37)40)28-16-12-26-10-8-22-4-2-6-24-14-18-30(28)36(26)34(22)24;6-5-1-3-7-4-2-5;1-2/h1-20,39-40H;1-4H,(H2,6,7);1-2H3. The third-order valence-electron chi connectivity index (χ3n) is 9.55. The molecule has 0 radical (unpaired) electrons. The second-order valence-corrected chi connectivity index (χ2v) is 12.1. The summed E-state index contributed by atoms with van der Waals surface area (Å²) in [6, 6.07) is 42.4. The Balaban J connectivity index is 0.000000344. The highest BCUT2D eigenvalue weighted by Crippen LogP contribution is 2.41. The molecule has 1 aliphatic carbocycles. The second-order valence-electron chi connectivity index (χ2n) is 12.1. The molecule has 8 aromatic carbocycles. The summed E-state index contributed by atoms with van der Waals surface area (Å²) in [7, 11) is 0. The fourth-order valence-electron chi connectivity index (χ4n) is 7.36. The van der Waals surface area contributed by atoms with Crippen LogP contribution in [0.4, 0.5) is 5.69 Å². The molecule has 0 spiro atoms. The summed E-state index contributed by atoms with van der Waals surface area (Å²) < 4.78 is 0. The zero-order valence-electron chi connectivity index (χ0n) is 27.4. The van der Waals surface area contributed by atoms with Gasteiger partial charge < -0.3 is 5.73 Å². The molecule has 0 amide bonds. The van der Waals surface area contributed by atoms with Crippen LogP contribution in [0.1, 0.15) is 25.0 Å². The van der Waals surface area contributed by atoms with Crippen LogP contribution in [0.3, 0.4) is 0 Å². The van der Waals surface area contributed by atoms with E-state index in [1.807, 2.05) is 26.0 Å². The van der Waals surface area contributed by atoms with Crippen LogP contribution in [-0.4, -0.2) is 16.4 Å². The summed E-state index contributed by atoms with van der Waals surface area (Å²) in [4.78, 5) is 3.77. The number of hydrogen-bond acceptors (Lipinski definition) is 4. The molecule has 0 fully saturated rings. The summed E-state index contributed by atoms with van der Waals surface area (Å²) in [6.45, 7) is 4.00. The van der Waals surface area contributed by atoms with Crippen LogP contribution in [0.15, 0.2) is 146 Å². The molecule has 9 aromatic rings. The average Bonchev–Trinajstić information content (AvgIpc) is 3.15. The quantitative estimate of drug-likeness (QED) is 0.131. The summed E-state index contributed by atoms with van der Waals surface area (Å²) in [5.74, 6) is 0. The highest BCUT2D eigenvalue weighted by atomic mass is 14.6. The number of nitrogens with zero attached hydrogens (tertiary/aromatic N) is 1. The van der Waals surface area contributed by atoms with E-state index in [9.17, 15) is 10.8 Å². The maximum absolute atomic E-state index is 9.19. The van der Waals surface area contributed by atoms with Gasteiger partial charge in [0.1, 0.15) is 0 Å². The minimum Gasteiger partial charge on any atom is -0.399 e. The zero-order valence-corrected chi connectivity index (χ0v) is 27.4. The number of nitrogen functional groups attached to an aromatic ring is 1. The van der Waals surface area contributed by atoms with Crippen molar-refractivity contribution >= 4 is 92.9 Å². The van der Waals surface area contributed by atoms with Gasteiger partial charge in [-0.15, -0.1) is 0 Å². The largest absolute Gasteiger partial charge is 0.399 e. The van der Waals surface area contributed by atoms with Crippen molar-refractivity contribution in [1.82, 2.24) is 4.98 Å². The van der Waals surface area contributed by atoms with Gasteiger partial charge in [0, 0.05) is 29.2 Å². The fourth-order valence-corrected chi connectivity index (χ4v) is 7.36. The van der Waals surface area contributed by atoms with Crippen LogP contribution < -0.4 is 5.73 Å². The Morgan fingerprint density at radius 3 is 1.14 bits per heavy atom. The van der Waals surface area contributed by atoms with Gasteiger partial charge in [0.2, 0.25) is 0 Å². The molecule has 4 N–H and O–H groups in total. The molecule has 0 bridgehead atoms. The number of benzene rings is 8. The molecular weight excluding hydrogens is 597 g/mol. The van der Waals surface area contributed by atoms with E-state index in [4.69, 9.17) is 5.73 Å². The zero-order chi connectivity index (χ0) is 33.6. The summed E-state index contributed by atoms with van der Waals surface area (Å²) in [5, 5.41) is 32.9. The number of aromatic nitrogens is 1. The molecular formula is C45H34N4. The molecule has 10 rings (SSSR count). The lowest BCUT2D eigenvalue weighted by molar-refractivity contribution is 1.33. The summed E-state index contributed by atoms with van der Waals surface area (Å²) in [5.41, 5.74) is 10.2. The lowest BCUT2D eigenvalue weighted by Crippen LogP contribution is -2.19. The third kappa shape index (κ3) is 4.80. The number of nitrogens with two attached hydrogens (primary N) is 1. The number of nitrogens with one attached hydrogen (secondary N) is 2. The predicted octanol–water partition coefficient (Wildman–Crippen LogP) is 11.7. The van der Waals surface area contributed by atoms with Gasteiger partial charge in [0.15, 0.2) is 0 Å². The number of hydrogen-bond donors (Lipinski definition) is 3. The first-order chi connectivity index (χ1) is 24.1. The van der Waals surface area contributed by atoms with Gasteiger partial charge >= 0.3 is 0 Å². The SMILES string of the molecule is CC.N=C1C(=N)C(c2ccc3ccc4cccc5ccc2c3c45)=CC=C1c1ccc2ccc3cccc4ccc1c2c34.Nc1ccncc1. The van der Waals surface area contributed by atoms with Crippen molar-refractivity contribution in [1.29, 1.82) is 10.8 Å². The lowest BCUT2D eigenvalue weighted by Gasteiger charge is -2.22. The second kappa shape index (κ2) is 12.0. The van der Waals surface area contributed by atoms with Gasteiger partial charge in [-0.1, -0.05) is 135 Å². The minimum atomic E-state index is 0.262. The first-order valence-corrected chi connectivity index (χ1v) is 16.7. The highest BCUT2D eigenvalue weighted by Gasteiger charge is 2.25. The van der Waals surface area contributed by atoms with E-state index in [-0.39, 0.29) is 11.4 Å². The summed E-state index contributed by atoms with van der Waals surface area (Å²) >= 11 is 0. The molecule has 49 heavy (non-hydrogen) atoms. The minimum absolute atomic E-state index is 0.262. The highest BCUT2D eigenvalue weighted by molar-refractivity contribution is 6.69. The monoisotopic (exact) mass is 630 g/mol. The molecule has 0 saturated heterocycles. The molecule has 234 valence electrons. The molecule has 0 saturated carbocycles. The average molecular weight is 631 g/mol. The van der Waals surface area contributed by atoms with Crippen LogP contribution in [-0.2, 0) is 0 Å². The number of pyridine rings is 1. The Labute approximate surface area is 284 Å². The maximum Gasteiger partial charge on any atom is 0.0874 e. The first kappa shape index (κ1) is 30.0. The van der Waals surface area contributed by atoms with E-state index >= 15 is 0 Å². The molecule has 1 heterocycles. The van der Waals surface area contributed by atoms with E-state index in [0.29, 0.717) is 0 Å².